The van der Waals surface area contributed by atoms with Gasteiger partial charge in [0.05, 0.1) is 41.2 Å². The van der Waals surface area contributed by atoms with Gasteiger partial charge < -0.3 is 50.2 Å². The zero-order valence-corrected chi connectivity index (χ0v) is 28.7. The number of hydrogen-bond donors (Lipinski definition) is 7. The van der Waals surface area contributed by atoms with Crippen LogP contribution in [0, 0.1) is 30.6 Å². The first-order valence-corrected chi connectivity index (χ1v) is 16.0. The summed E-state index contributed by atoms with van der Waals surface area (Å²) in [6, 6.07) is 1.04. The molecule has 0 saturated carbocycles. The molecule has 3 heterocycles. The van der Waals surface area contributed by atoms with E-state index in [9.17, 15) is 45.0 Å². The van der Waals surface area contributed by atoms with Crippen LogP contribution in [-0.4, -0.2) is 78.5 Å². The van der Waals surface area contributed by atoms with Crippen molar-refractivity contribution in [1.29, 1.82) is 0 Å². The largest absolute Gasteiger partial charge is 0.507 e. The molecule has 9 atom stereocenters. The molecule has 5 rings (SSSR count). The lowest BCUT2D eigenvalue weighted by atomic mass is 9.78. The summed E-state index contributed by atoms with van der Waals surface area (Å²) in [5.74, 6) is -8.64. The number of nitrogens with one attached hydrogen (secondary N) is 1. The van der Waals surface area contributed by atoms with Crippen LogP contribution >= 0.6 is 0 Å². The predicted molar refractivity (Wildman–Crippen MR) is 179 cm³/mol. The number of rotatable bonds is 1. The topological polar surface area (TPSA) is 212 Å². The van der Waals surface area contributed by atoms with Crippen molar-refractivity contribution in [1.82, 2.24) is 0 Å². The Morgan fingerprint density at radius 3 is 2.20 bits per heavy atom. The lowest BCUT2D eigenvalue weighted by Gasteiger charge is -2.37. The standard InChI is InChI=1S/C36H45NO12/c1-15-10-9-11-16(2)35(46)37-22-14-24(40)25-26(31(22)44)30(43)20(6)33-27(25)34(45)36(8,49-33)47-13-12-23(39)17(3)32(48-21(7)38)19(5)29(42)18(4)28(15)41/h9-15,17-19,23,28-29,32,39-44H,1-8H3,(H,37,46)/b10-9+,13-12+,16-11-/t15-,17+,18+,19+,23-,28-,29+,32+,36?/m0/s1. The van der Waals surface area contributed by atoms with Crippen LogP contribution in [0.4, 0.5) is 5.69 Å². The molecule has 2 aromatic carbocycles. The SMILES string of the molecule is CC(=O)O[C@H]1[C@H](C)[C@H](O)[C@H](C)[C@@H](O)[C@@H](C)/C=C/C=C(/C)C(=O)Nc2cc(O)c3c4c(c(C)c(O)c3c2O)OC(C)(O/C=C/[C@H](O)[C@H]1C)C4=O. The number of phenolic OH excluding ortho intramolecular Hbond substituents is 3. The van der Waals surface area contributed by atoms with E-state index >= 15 is 0 Å². The summed E-state index contributed by atoms with van der Waals surface area (Å²) in [5.41, 5.74) is -0.184. The van der Waals surface area contributed by atoms with Gasteiger partial charge in [0.2, 0.25) is 0 Å². The lowest BCUT2D eigenvalue weighted by molar-refractivity contribution is -0.159. The molecule has 0 saturated heterocycles. The number of carbonyl (C=O) groups excluding carboxylic acids is 3. The molecule has 13 heteroatoms. The van der Waals surface area contributed by atoms with E-state index in [-0.39, 0.29) is 38.9 Å². The Balaban J connectivity index is 1.85. The van der Waals surface area contributed by atoms with Gasteiger partial charge in [0.15, 0.2) is 5.75 Å². The highest BCUT2D eigenvalue weighted by Crippen LogP contribution is 2.53. The second-order valence-corrected chi connectivity index (χ2v) is 13.2. The predicted octanol–water partition coefficient (Wildman–Crippen LogP) is 4.10. The van der Waals surface area contributed by atoms with Crippen LogP contribution in [-0.2, 0) is 19.1 Å². The molecular formula is C36H45NO12. The van der Waals surface area contributed by atoms with Crippen molar-refractivity contribution in [2.24, 2.45) is 23.7 Å². The molecule has 0 aliphatic carbocycles. The van der Waals surface area contributed by atoms with Gasteiger partial charge in [0.1, 0.15) is 23.4 Å². The number of benzene rings is 2. The normalized spacial score (nSPS) is 33.7. The number of esters is 1. The van der Waals surface area contributed by atoms with Gasteiger partial charge in [-0.3, -0.25) is 14.4 Å². The summed E-state index contributed by atoms with van der Waals surface area (Å²) < 4.78 is 17.1. The van der Waals surface area contributed by atoms with Gasteiger partial charge >= 0.3 is 11.8 Å². The summed E-state index contributed by atoms with van der Waals surface area (Å²) in [7, 11) is 0. The molecule has 2 aromatic rings. The minimum Gasteiger partial charge on any atom is -0.507 e. The number of phenols is 3. The molecule has 7 N–H and O–H groups in total. The van der Waals surface area contributed by atoms with Crippen LogP contribution in [0.25, 0.3) is 10.8 Å². The Kier molecular flexibility index (Phi) is 10.7. The fourth-order valence-electron chi connectivity index (χ4n) is 6.37. The van der Waals surface area contributed by atoms with Gasteiger partial charge in [0.25, 0.3) is 11.7 Å². The van der Waals surface area contributed by atoms with Gasteiger partial charge in [0, 0.05) is 60.1 Å². The third kappa shape index (κ3) is 6.96. The first-order valence-electron chi connectivity index (χ1n) is 16.0. The van der Waals surface area contributed by atoms with E-state index in [2.05, 4.69) is 5.32 Å². The van der Waals surface area contributed by atoms with E-state index in [4.69, 9.17) is 14.2 Å². The minimum absolute atomic E-state index is 0.0491. The Hall–Kier alpha value is -4.59. The minimum atomic E-state index is -2.04. The van der Waals surface area contributed by atoms with Crippen LogP contribution in [0.1, 0.15) is 64.4 Å². The number of allylic oxidation sites excluding steroid dienone is 2. The molecule has 0 radical (unpaired) electrons. The Morgan fingerprint density at radius 2 is 1.57 bits per heavy atom. The first kappa shape index (κ1) is 37.2. The summed E-state index contributed by atoms with van der Waals surface area (Å²) in [5, 5.41) is 68.9. The summed E-state index contributed by atoms with van der Waals surface area (Å²) >= 11 is 0. The van der Waals surface area contributed by atoms with Crippen molar-refractivity contribution in [3.05, 3.63) is 53.3 Å². The van der Waals surface area contributed by atoms with Crippen molar-refractivity contribution in [3.63, 3.8) is 0 Å². The van der Waals surface area contributed by atoms with Gasteiger partial charge in [-0.2, -0.15) is 0 Å². The molecule has 49 heavy (non-hydrogen) atoms. The van der Waals surface area contributed by atoms with Crippen molar-refractivity contribution in [3.8, 4) is 23.0 Å². The molecule has 266 valence electrons. The monoisotopic (exact) mass is 683 g/mol. The van der Waals surface area contributed by atoms with E-state index in [1.807, 2.05) is 0 Å². The average molecular weight is 684 g/mol. The van der Waals surface area contributed by atoms with Crippen LogP contribution in [0.15, 0.2) is 42.2 Å². The van der Waals surface area contributed by atoms with Gasteiger partial charge in [-0.05, 0) is 19.9 Å². The van der Waals surface area contributed by atoms with Crippen LogP contribution in [0.2, 0.25) is 0 Å². The number of fused-ring (bicyclic) bond motifs is 14. The molecule has 1 amide bonds. The number of Topliss-reactive ketones (excluding diaryl/α,β-unsaturated/α-hetero) is 1. The van der Waals surface area contributed by atoms with Gasteiger partial charge in [-0.1, -0.05) is 45.9 Å². The van der Waals surface area contributed by atoms with Gasteiger partial charge in [-0.25, -0.2) is 0 Å². The lowest BCUT2D eigenvalue weighted by Crippen LogP contribution is -2.46. The smallest absolute Gasteiger partial charge is 0.312 e. The first-order chi connectivity index (χ1) is 22.8. The highest BCUT2D eigenvalue weighted by molar-refractivity contribution is 6.21. The number of amides is 1. The highest BCUT2D eigenvalue weighted by atomic mass is 16.7. The molecular weight excluding hydrogens is 638 g/mol. The number of hydrogen-bond acceptors (Lipinski definition) is 12. The molecule has 5 bridgehead atoms. The second kappa shape index (κ2) is 14.1. The van der Waals surface area contributed by atoms with Crippen molar-refractivity contribution in [2.45, 2.75) is 85.6 Å². The maximum absolute atomic E-state index is 13.8. The Bertz CT molecular complexity index is 1750. The third-order valence-corrected chi connectivity index (χ3v) is 9.59. The fourth-order valence-corrected chi connectivity index (χ4v) is 6.37. The van der Waals surface area contributed by atoms with Crippen molar-refractivity contribution < 1.29 is 59.2 Å². The molecule has 0 fully saturated rings. The number of ether oxygens (including phenoxy) is 3. The molecule has 3 aliphatic heterocycles. The Labute approximate surface area is 284 Å². The number of aliphatic hydroxyl groups excluding tert-OH is 3. The maximum Gasteiger partial charge on any atom is 0.312 e. The number of carbonyl (C=O) groups is 3. The third-order valence-electron chi connectivity index (χ3n) is 9.59. The van der Waals surface area contributed by atoms with Crippen molar-refractivity contribution in [2.75, 3.05) is 5.32 Å². The van der Waals surface area contributed by atoms with Crippen LogP contribution < -0.4 is 10.1 Å². The van der Waals surface area contributed by atoms with Crippen LogP contribution in [0.5, 0.6) is 23.0 Å². The number of aromatic hydroxyl groups is 3. The quantitative estimate of drug-likeness (QED) is 0.129. The molecule has 0 spiro atoms. The summed E-state index contributed by atoms with van der Waals surface area (Å²) in [6.45, 7) is 12.0. The van der Waals surface area contributed by atoms with E-state index in [0.29, 0.717) is 0 Å². The van der Waals surface area contributed by atoms with E-state index in [1.54, 1.807) is 39.8 Å². The van der Waals surface area contributed by atoms with E-state index < -0.39 is 88.8 Å². The molecule has 13 nitrogen and oxygen atoms in total. The number of aliphatic hydroxyl groups is 3. The van der Waals surface area contributed by atoms with E-state index in [1.165, 1.54) is 39.8 Å². The number of anilines is 1. The molecule has 3 aliphatic rings. The second-order valence-electron chi connectivity index (χ2n) is 13.2. The number of ketones is 1. The fraction of sp³-hybridized carbons (Fsp3) is 0.472. The zero-order chi connectivity index (χ0) is 36.7. The maximum atomic E-state index is 13.8. The average Bonchev–Trinajstić information content (AvgIpc) is 3.31. The zero-order valence-electron chi connectivity index (χ0n) is 28.7. The summed E-state index contributed by atoms with van der Waals surface area (Å²) in [6.07, 6.45) is 2.36. The summed E-state index contributed by atoms with van der Waals surface area (Å²) in [4.78, 5) is 39.0. The van der Waals surface area contributed by atoms with Gasteiger partial charge in [-0.15, -0.1) is 0 Å². The highest BCUT2D eigenvalue weighted by Gasteiger charge is 2.49. The van der Waals surface area contributed by atoms with Crippen molar-refractivity contribution >= 4 is 34.1 Å². The molecule has 1 unspecified atom stereocenters. The Morgan fingerprint density at radius 1 is 0.918 bits per heavy atom. The van der Waals surface area contributed by atoms with E-state index in [0.717, 1.165) is 12.3 Å². The van der Waals surface area contributed by atoms with Crippen LogP contribution in [0.3, 0.4) is 0 Å². The molecule has 0 aromatic heterocycles.